The van der Waals surface area contributed by atoms with Crippen molar-refractivity contribution in [3.8, 4) is 5.69 Å². The number of esters is 1. The zero-order valence-electron chi connectivity index (χ0n) is 24.6. The predicted octanol–water partition coefficient (Wildman–Crippen LogP) is 4.46. The van der Waals surface area contributed by atoms with E-state index in [1.54, 1.807) is 10.9 Å². The Bertz CT molecular complexity index is 1460. The molecule has 0 radical (unpaired) electrons. The van der Waals surface area contributed by atoms with Gasteiger partial charge in [-0.3, -0.25) is 4.57 Å². The van der Waals surface area contributed by atoms with E-state index in [9.17, 15) is 15.0 Å². The van der Waals surface area contributed by atoms with Crippen LogP contribution in [0.3, 0.4) is 0 Å². The Morgan fingerprint density at radius 3 is 2.63 bits per heavy atom. The van der Waals surface area contributed by atoms with Gasteiger partial charge in [-0.25, -0.2) is 9.78 Å². The molecule has 1 aliphatic heterocycles. The third kappa shape index (κ3) is 3.54. The molecule has 2 saturated carbocycles. The molecule has 41 heavy (non-hydrogen) atoms. The maximum atomic E-state index is 13.9. The van der Waals surface area contributed by atoms with E-state index in [1.807, 2.05) is 57.2 Å². The number of aliphatic hydroxyl groups is 2. The van der Waals surface area contributed by atoms with Crippen molar-refractivity contribution >= 4 is 5.97 Å². The molecule has 8 nitrogen and oxygen atoms in total. The number of aromatic nitrogens is 2. The predicted molar refractivity (Wildman–Crippen MR) is 151 cm³/mol. The van der Waals surface area contributed by atoms with Crippen LogP contribution in [0.15, 0.2) is 66.2 Å². The van der Waals surface area contributed by atoms with Crippen molar-refractivity contribution in [2.45, 2.75) is 77.7 Å². The van der Waals surface area contributed by atoms with E-state index < -0.39 is 41.1 Å². The second-order valence-electron chi connectivity index (χ2n) is 14.0. The van der Waals surface area contributed by atoms with Crippen molar-refractivity contribution in [2.24, 2.45) is 34.5 Å². The van der Waals surface area contributed by atoms with Gasteiger partial charge in [0.2, 0.25) is 0 Å². The fourth-order valence-corrected chi connectivity index (χ4v) is 9.02. The van der Waals surface area contributed by atoms with Crippen molar-refractivity contribution in [1.29, 1.82) is 0 Å². The topological polar surface area (TPSA) is 103 Å². The third-order valence-electron chi connectivity index (χ3n) is 11.0. The molecule has 9 atom stereocenters. The molecule has 8 heteroatoms. The summed E-state index contributed by atoms with van der Waals surface area (Å²) in [5.41, 5.74) is -0.227. The van der Waals surface area contributed by atoms with Gasteiger partial charge in [0.05, 0.1) is 30.7 Å². The second-order valence-corrected chi connectivity index (χ2v) is 14.0. The summed E-state index contributed by atoms with van der Waals surface area (Å²) >= 11 is 0. The van der Waals surface area contributed by atoms with Crippen molar-refractivity contribution in [1.82, 2.24) is 9.55 Å². The first-order chi connectivity index (χ1) is 19.3. The summed E-state index contributed by atoms with van der Waals surface area (Å²) in [5.74, 6) is -1.16. The molecule has 3 fully saturated rings. The first-order valence-electron chi connectivity index (χ1n) is 14.7. The normalized spacial score (nSPS) is 41.5. The molecular weight excluding hydrogens is 520 g/mol. The minimum absolute atomic E-state index is 0.0885. The largest absolute Gasteiger partial charge is 0.450 e. The highest BCUT2D eigenvalue weighted by Gasteiger charge is 2.77. The first-order valence-corrected chi connectivity index (χ1v) is 14.7. The number of aliphatic hydroxyl groups excluding tert-OH is 1. The number of carbonyl (C=O) groups is 1. The van der Waals surface area contributed by atoms with Gasteiger partial charge < -0.3 is 24.4 Å². The highest BCUT2D eigenvalue weighted by atomic mass is 16.7. The average Bonchev–Trinajstić information content (AvgIpc) is 3.21. The lowest BCUT2D eigenvalue weighted by atomic mass is 9.58. The molecule has 1 aromatic carbocycles. The monoisotopic (exact) mass is 560 g/mol. The number of para-hydroxylation sites is 1. The maximum absolute atomic E-state index is 13.9. The summed E-state index contributed by atoms with van der Waals surface area (Å²) in [7, 11) is 0. The number of benzene rings is 1. The Labute approximate surface area is 241 Å². The van der Waals surface area contributed by atoms with Gasteiger partial charge in [-0.1, -0.05) is 51.1 Å². The maximum Gasteiger partial charge on any atom is 0.357 e. The quantitative estimate of drug-likeness (QED) is 0.422. The number of hydrogen-bond donors (Lipinski definition) is 2. The van der Waals surface area contributed by atoms with Crippen LogP contribution in [0.25, 0.3) is 5.69 Å². The lowest BCUT2D eigenvalue weighted by Crippen LogP contribution is -2.69. The number of hydrogen-bond acceptors (Lipinski definition) is 7. The van der Waals surface area contributed by atoms with Crippen LogP contribution in [0.1, 0.15) is 58.5 Å². The SMILES string of the molecule is CC1=C[C@]23C(O)[C@@H](C=C4COC(C)(C)O[C@H]4[C@]2(O)[C@H]1OC(=O)c1cncn1-c1ccccc1)[C@H]1[C@@H](C[C@H]3C)C1(C)C. The molecule has 2 aromatic rings. The van der Waals surface area contributed by atoms with Crippen LogP contribution >= 0.6 is 0 Å². The lowest BCUT2D eigenvalue weighted by Gasteiger charge is -2.55. The molecule has 7 rings (SSSR count). The number of ether oxygens (including phenoxy) is 3. The van der Waals surface area contributed by atoms with E-state index in [4.69, 9.17) is 14.2 Å². The van der Waals surface area contributed by atoms with Crippen LogP contribution in [0.5, 0.6) is 0 Å². The van der Waals surface area contributed by atoms with Gasteiger partial charge in [-0.2, -0.15) is 0 Å². The highest BCUT2D eigenvalue weighted by molar-refractivity contribution is 5.88. The van der Waals surface area contributed by atoms with E-state index in [0.29, 0.717) is 11.5 Å². The Balaban J connectivity index is 1.35. The van der Waals surface area contributed by atoms with Crippen molar-refractivity contribution < 1.29 is 29.2 Å². The van der Waals surface area contributed by atoms with E-state index in [0.717, 1.165) is 17.7 Å². The molecule has 2 heterocycles. The van der Waals surface area contributed by atoms with Crippen LogP contribution in [-0.4, -0.2) is 62.0 Å². The standard InChI is InChI=1S/C33H40N2O6/c1-18-14-32-19(2)12-23-25(30(23,3)4)22(26(32)36)13-20-16-39-31(5,6)41-28(20)33(32,38)27(18)40-29(37)24-15-34-17-35(24)21-10-8-7-9-11-21/h7-11,13-15,17,19,22-23,25-28,36,38H,12,16H2,1-6H3/t19-,22+,23-,25+,26?,27+,28-,32+,33-/m1/s1. The number of imidazole rings is 1. The minimum Gasteiger partial charge on any atom is -0.450 e. The number of fused-ring (bicyclic) bond motifs is 5. The number of nitrogens with zero attached hydrogens (tertiary/aromatic N) is 2. The van der Waals surface area contributed by atoms with E-state index >= 15 is 0 Å². The number of rotatable bonds is 3. The van der Waals surface area contributed by atoms with E-state index in [1.165, 1.54) is 6.20 Å². The van der Waals surface area contributed by atoms with Crippen molar-refractivity contribution in [2.75, 3.05) is 6.61 Å². The molecule has 2 N–H and O–H groups in total. The van der Waals surface area contributed by atoms with Crippen LogP contribution < -0.4 is 0 Å². The molecule has 1 aromatic heterocycles. The molecule has 5 aliphatic rings. The Morgan fingerprint density at radius 1 is 1.17 bits per heavy atom. The van der Waals surface area contributed by atoms with Crippen LogP contribution in [-0.2, 0) is 14.2 Å². The Hall–Kier alpha value is -2.78. The average molecular weight is 561 g/mol. The van der Waals surface area contributed by atoms with Gasteiger partial charge in [0.15, 0.2) is 17.6 Å². The van der Waals surface area contributed by atoms with Crippen LogP contribution in [0.2, 0.25) is 0 Å². The van der Waals surface area contributed by atoms with Gasteiger partial charge in [-0.15, -0.1) is 0 Å². The first kappa shape index (κ1) is 27.1. The molecule has 218 valence electrons. The Kier molecular flexibility index (Phi) is 5.70. The van der Waals surface area contributed by atoms with Gasteiger partial charge >= 0.3 is 5.97 Å². The smallest absolute Gasteiger partial charge is 0.357 e. The highest BCUT2D eigenvalue weighted by Crippen LogP contribution is 2.73. The van der Waals surface area contributed by atoms with E-state index in [2.05, 4.69) is 31.8 Å². The van der Waals surface area contributed by atoms with Crippen molar-refractivity contribution in [3.63, 3.8) is 0 Å². The van der Waals surface area contributed by atoms with Crippen LogP contribution in [0, 0.1) is 34.5 Å². The van der Waals surface area contributed by atoms with Gasteiger partial charge in [0.25, 0.3) is 0 Å². The fourth-order valence-electron chi connectivity index (χ4n) is 9.02. The molecule has 4 aliphatic carbocycles. The number of carbonyl (C=O) groups excluding carboxylic acids is 1. The zero-order chi connectivity index (χ0) is 29.1. The summed E-state index contributed by atoms with van der Waals surface area (Å²) in [4.78, 5) is 18.1. The van der Waals surface area contributed by atoms with Crippen LogP contribution in [0.4, 0.5) is 0 Å². The zero-order valence-corrected chi connectivity index (χ0v) is 24.6. The molecule has 1 saturated heterocycles. The second kappa shape index (κ2) is 8.63. The molecule has 1 spiro atoms. The third-order valence-corrected chi connectivity index (χ3v) is 11.0. The molecule has 2 bridgehead atoms. The summed E-state index contributed by atoms with van der Waals surface area (Å²) < 4.78 is 20.6. The molecule has 1 unspecified atom stereocenters. The molecular formula is C33H40N2O6. The van der Waals surface area contributed by atoms with E-state index in [-0.39, 0.29) is 35.5 Å². The summed E-state index contributed by atoms with van der Waals surface area (Å²) in [6.45, 7) is 12.5. The fraction of sp³-hybridized carbons (Fsp3) is 0.576. The lowest BCUT2D eigenvalue weighted by molar-refractivity contribution is -0.312. The van der Waals surface area contributed by atoms with Gasteiger partial charge in [0, 0.05) is 11.6 Å². The molecule has 0 amide bonds. The van der Waals surface area contributed by atoms with Gasteiger partial charge in [-0.05, 0) is 73.6 Å². The summed E-state index contributed by atoms with van der Waals surface area (Å²) in [6.07, 6.45) is 5.25. The summed E-state index contributed by atoms with van der Waals surface area (Å²) in [5, 5.41) is 25.6. The minimum atomic E-state index is -1.76. The Morgan fingerprint density at radius 2 is 1.90 bits per heavy atom. The van der Waals surface area contributed by atoms with Gasteiger partial charge in [0.1, 0.15) is 11.7 Å². The summed E-state index contributed by atoms with van der Waals surface area (Å²) in [6, 6.07) is 9.46. The van der Waals surface area contributed by atoms with Crippen molar-refractivity contribution in [3.05, 3.63) is 71.8 Å².